The Hall–Kier alpha value is -1.14. The Kier molecular flexibility index (Phi) is 8.34. The lowest BCUT2D eigenvalue weighted by molar-refractivity contribution is 0.592. The molecule has 0 radical (unpaired) electrons. The molecule has 0 unspecified atom stereocenters. The predicted molar refractivity (Wildman–Crippen MR) is 80.3 cm³/mol. The predicted octanol–water partition coefficient (Wildman–Crippen LogP) is 2.04. The minimum atomic E-state index is -3.62. The molecule has 108 valence electrons. The van der Waals surface area contributed by atoms with Crippen LogP contribution in [0.4, 0.5) is 0 Å². The summed E-state index contributed by atoms with van der Waals surface area (Å²) >= 11 is 0. The molecule has 0 saturated carbocycles. The summed E-state index contributed by atoms with van der Waals surface area (Å²) in [7, 11) is -7.25. The Morgan fingerprint density at radius 1 is 0.684 bits per heavy atom. The van der Waals surface area contributed by atoms with Crippen LogP contribution in [0.2, 0.25) is 0 Å². The van der Waals surface area contributed by atoms with Crippen molar-refractivity contribution in [3.05, 3.63) is 48.6 Å². The zero-order valence-corrected chi connectivity index (χ0v) is 12.8. The summed E-state index contributed by atoms with van der Waals surface area (Å²) in [6.07, 6.45) is 12.9. The van der Waals surface area contributed by atoms with E-state index >= 15 is 0 Å². The number of hydrogen-bond donors (Lipinski definition) is 0. The van der Waals surface area contributed by atoms with Crippen LogP contribution in [-0.2, 0) is 19.7 Å². The first-order valence-corrected chi connectivity index (χ1v) is 9.44. The maximum atomic E-state index is 11.6. The molecule has 0 aliphatic carbocycles. The van der Waals surface area contributed by atoms with Gasteiger partial charge >= 0.3 is 0 Å². The highest BCUT2D eigenvalue weighted by atomic mass is 32.3. The molecular formula is C13H20O4S2. The Balaban J connectivity index is 4.55. The van der Waals surface area contributed by atoms with Gasteiger partial charge in [0, 0.05) is 0 Å². The minimum Gasteiger partial charge on any atom is -0.227 e. The molecule has 0 saturated heterocycles. The van der Waals surface area contributed by atoms with Gasteiger partial charge in [-0.1, -0.05) is 48.6 Å². The highest BCUT2D eigenvalue weighted by Crippen LogP contribution is 2.01. The summed E-state index contributed by atoms with van der Waals surface area (Å²) in [5.74, 6) is -0.537. The summed E-state index contributed by atoms with van der Waals surface area (Å²) in [6, 6.07) is 0. The van der Waals surface area contributed by atoms with Crippen LogP contribution in [0.5, 0.6) is 0 Å². The van der Waals surface area contributed by atoms with Crippen molar-refractivity contribution >= 4 is 19.7 Å². The third-order valence-electron chi connectivity index (χ3n) is 1.94. The van der Waals surface area contributed by atoms with Gasteiger partial charge in [-0.05, 0) is 13.8 Å². The lowest BCUT2D eigenvalue weighted by Crippen LogP contribution is -2.20. The Labute approximate surface area is 116 Å². The first-order chi connectivity index (χ1) is 8.83. The second-order valence-corrected chi connectivity index (χ2v) is 8.43. The fourth-order valence-electron chi connectivity index (χ4n) is 1.15. The van der Waals surface area contributed by atoms with E-state index in [-0.39, 0.29) is 11.5 Å². The zero-order valence-electron chi connectivity index (χ0n) is 11.2. The first kappa shape index (κ1) is 17.9. The highest BCUT2D eigenvalue weighted by Gasteiger charge is 2.19. The summed E-state index contributed by atoms with van der Waals surface area (Å²) in [5.41, 5.74) is 0. The summed E-state index contributed by atoms with van der Waals surface area (Å²) in [6.45, 7) is 3.61. The monoisotopic (exact) mass is 304 g/mol. The number of rotatable bonds is 8. The molecule has 0 heterocycles. The lowest BCUT2D eigenvalue weighted by Gasteiger charge is -2.01. The molecule has 0 aromatic rings. The third-order valence-corrected chi connectivity index (χ3v) is 6.21. The van der Waals surface area contributed by atoms with Gasteiger partial charge in [-0.15, -0.1) is 0 Å². The van der Waals surface area contributed by atoms with Crippen molar-refractivity contribution in [2.45, 2.75) is 13.8 Å². The van der Waals surface area contributed by atoms with Crippen LogP contribution in [0.3, 0.4) is 0 Å². The van der Waals surface area contributed by atoms with Gasteiger partial charge in [0.25, 0.3) is 0 Å². The summed E-state index contributed by atoms with van der Waals surface area (Å²) < 4.78 is 46.4. The minimum absolute atomic E-state index is 0.269. The second-order valence-electron chi connectivity index (χ2n) is 3.85. The van der Waals surface area contributed by atoms with Gasteiger partial charge in [-0.2, -0.15) is 0 Å². The number of sulfone groups is 2. The average molecular weight is 304 g/mol. The van der Waals surface area contributed by atoms with Gasteiger partial charge in [0.05, 0.1) is 11.5 Å². The van der Waals surface area contributed by atoms with Crippen molar-refractivity contribution in [1.29, 1.82) is 0 Å². The molecule has 0 amide bonds. The van der Waals surface area contributed by atoms with E-state index in [1.807, 2.05) is 0 Å². The van der Waals surface area contributed by atoms with Crippen LogP contribution >= 0.6 is 0 Å². The Morgan fingerprint density at radius 2 is 1.05 bits per heavy atom. The van der Waals surface area contributed by atoms with Crippen molar-refractivity contribution in [3.63, 3.8) is 0 Å². The van der Waals surface area contributed by atoms with Crippen LogP contribution < -0.4 is 0 Å². The average Bonchev–Trinajstić information content (AvgIpc) is 2.29. The molecule has 0 atom stereocenters. The standard InChI is InChI=1S/C13H20O4S2/c1-3-5-7-9-11-18(14,15)13-19(16,17)12-10-8-6-4-2/h3-10H,11-13H2,1-2H3. The summed E-state index contributed by atoms with van der Waals surface area (Å²) in [4.78, 5) is 0. The molecule has 0 aliphatic heterocycles. The highest BCUT2D eigenvalue weighted by molar-refractivity contribution is 8.08. The topological polar surface area (TPSA) is 68.3 Å². The fourth-order valence-corrected chi connectivity index (χ4v) is 4.92. The van der Waals surface area contributed by atoms with E-state index in [4.69, 9.17) is 0 Å². The normalized spacial score (nSPS) is 14.4. The van der Waals surface area contributed by atoms with Crippen molar-refractivity contribution in [1.82, 2.24) is 0 Å². The van der Waals surface area contributed by atoms with Gasteiger partial charge in [0.1, 0.15) is 0 Å². The van der Waals surface area contributed by atoms with E-state index in [1.54, 1.807) is 50.3 Å². The van der Waals surface area contributed by atoms with Crippen LogP contribution in [0, 0.1) is 0 Å². The quantitative estimate of drug-likeness (QED) is 0.644. The second kappa shape index (κ2) is 8.87. The fraction of sp³-hybridized carbons (Fsp3) is 0.385. The number of hydrogen-bond acceptors (Lipinski definition) is 4. The van der Waals surface area contributed by atoms with E-state index in [0.29, 0.717) is 0 Å². The third kappa shape index (κ3) is 10.5. The van der Waals surface area contributed by atoms with Crippen molar-refractivity contribution in [2.75, 3.05) is 16.6 Å². The first-order valence-electron chi connectivity index (χ1n) is 5.79. The summed E-state index contributed by atoms with van der Waals surface area (Å²) in [5, 5.41) is -0.819. The van der Waals surface area contributed by atoms with E-state index in [9.17, 15) is 16.8 Å². The van der Waals surface area contributed by atoms with Gasteiger partial charge in [0.2, 0.25) is 0 Å². The van der Waals surface area contributed by atoms with E-state index in [0.717, 1.165) is 0 Å². The van der Waals surface area contributed by atoms with Crippen LogP contribution in [0.1, 0.15) is 13.8 Å². The van der Waals surface area contributed by atoms with E-state index in [1.165, 1.54) is 12.2 Å². The largest absolute Gasteiger partial charge is 0.227 e. The Morgan fingerprint density at radius 3 is 1.37 bits per heavy atom. The molecule has 0 bridgehead atoms. The lowest BCUT2D eigenvalue weighted by atomic mass is 10.5. The molecule has 0 aromatic heterocycles. The van der Waals surface area contributed by atoms with E-state index in [2.05, 4.69) is 0 Å². The Bertz CT molecular complexity index is 510. The van der Waals surface area contributed by atoms with Crippen molar-refractivity contribution in [3.8, 4) is 0 Å². The molecule has 0 aliphatic rings. The number of allylic oxidation sites excluding steroid dienone is 6. The van der Waals surface area contributed by atoms with Crippen LogP contribution in [-0.4, -0.2) is 33.4 Å². The molecule has 4 nitrogen and oxygen atoms in total. The van der Waals surface area contributed by atoms with Gasteiger partial charge in [0.15, 0.2) is 24.8 Å². The SMILES string of the molecule is CC=CC=CCS(=O)(=O)CS(=O)(=O)CC=CC=CC. The molecule has 0 aromatic carbocycles. The molecule has 0 rings (SSSR count). The molecular weight excluding hydrogens is 284 g/mol. The molecule has 0 N–H and O–H groups in total. The van der Waals surface area contributed by atoms with E-state index < -0.39 is 24.8 Å². The maximum Gasteiger partial charge on any atom is 0.168 e. The smallest absolute Gasteiger partial charge is 0.168 e. The molecule has 19 heavy (non-hydrogen) atoms. The molecule has 6 heteroatoms. The zero-order chi connectivity index (χ0) is 14.8. The van der Waals surface area contributed by atoms with Gasteiger partial charge < -0.3 is 0 Å². The van der Waals surface area contributed by atoms with Crippen LogP contribution in [0.25, 0.3) is 0 Å². The molecule has 0 fully saturated rings. The van der Waals surface area contributed by atoms with Gasteiger partial charge in [-0.3, -0.25) is 0 Å². The molecule has 0 spiro atoms. The van der Waals surface area contributed by atoms with Gasteiger partial charge in [-0.25, -0.2) is 16.8 Å². The maximum absolute atomic E-state index is 11.6. The van der Waals surface area contributed by atoms with Crippen LogP contribution in [0.15, 0.2) is 48.6 Å². The van der Waals surface area contributed by atoms with Crippen molar-refractivity contribution < 1.29 is 16.8 Å². The van der Waals surface area contributed by atoms with Crippen molar-refractivity contribution in [2.24, 2.45) is 0 Å².